The van der Waals surface area contributed by atoms with Crippen molar-refractivity contribution in [3.8, 4) is 11.5 Å². The Balaban J connectivity index is 2.42. The molecule has 4 heteroatoms. The van der Waals surface area contributed by atoms with E-state index in [0.717, 1.165) is 5.56 Å². The van der Waals surface area contributed by atoms with E-state index in [9.17, 15) is 0 Å². The first-order valence-electron chi connectivity index (χ1n) is 5.24. The van der Waals surface area contributed by atoms with Gasteiger partial charge in [0, 0.05) is 5.56 Å². The van der Waals surface area contributed by atoms with Gasteiger partial charge in [-0.1, -0.05) is 17.2 Å². The highest BCUT2D eigenvalue weighted by molar-refractivity contribution is 5.55. The summed E-state index contributed by atoms with van der Waals surface area (Å²) in [5.74, 6) is 0.994. The monoisotopic (exact) mass is 217 g/mol. The largest absolute Gasteiger partial charge is 0.419 e. The molecule has 16 heavy (non-hydrogen) atoms. The van der Waals surface area contributed by atoms with Crippen LogP contribution in [0.4, 0.5) is 0 Å². The van der Waals surface area contributed by atoms with Crippen molar-refractivity contribution in [1.29, 1.82) is 0 Å². The topological polar surface area (TPSA) is 64.9 Å². The van der Waals surface area contributed by atoms with Gasteiger partial charge in [0.25, 0.3) is 0 Å². The molecule has 0 fully saturated rings. The highest BCUT2D eigenvalue weighted by atomic mass is 16.4. The summed E-state index contributed by atoms with van der Waals surface area (Å²) in [4.78, 5) is 0. The van der Waals surface area contributed by atoms with E-state index in [1.807, 2.05) is 32.9 Å². The van der Waals surface area contributed by atoms with Crippen molar-refractivity contribution in [2.45, 2.75) is 26.8 Å². The second-order valence-corrected chi connectivity index (χ2v) is 4.11. The Kier molecular flexibility index (Phi) is 2.75. The minimum Gasteiger partial charge on any atom is -0.419 e. The van der Waals surface area contributed by atoms with Crippen LogP contribution in [-0.4, -0.2) is 10.2 Å². The Morgan fingerprint density at radius 3 is 2.25 bits per heavy atom. The number of rotatable bonds is 2. The summed E-state index contributed by atoms with van der Waals surface area (Å²) < 4.78 is 5.49. The van der Waals surface area contributed by atoms with Crippen molar-refractivity contribution in [2.24, 2.45) is 5.73 Å². The molecule has 0 saturated carbocycles. The van der Waals surface area contributed by atoms with E-state index in [4.69, 9.17) is 10.2 Å². The van der Waals surface area contributed by atoms with Crippen LogP contribution in [0.15, 0.2) is 22.6 Å². The molecule has 1 aromatic heterocycles. The van der Waals surface area contributed by atoms with Crippen LogP contribution in [0.25, 0.3) is 11.5 Å². The molecule has 2 rings (SSSR count). The van der Waals surface area contributed by atoms with Gasteiger partial charge in [0.15, 0.2) is 0 Å². The number of aromatic nitrogens is 2. The van der Waals surface area contributed by atoms with Crippen molar-refractivity contribution < 1.29 is 4.42 Å². The number of nitrogens with two attached hydrogens (primary N) is 1. The Hall–Kier alpha value is -1.68. The Morgan fingerprint density at radius 1 is 1.12 bits per heavy atom. The van der Waals surface area contributed by atoms with Crippen molar-refractivity contribution in [2.75, 3.05) is 0 Å². The molecule has 0 saturated heterocycles. The van der Waals surface area contributed by atoms with Gasteiger partial charge in [-0.2, -0.15) is 0 Å². The molecule has 1 atom stereocenters. The van der Waals surface area contributed by atoms with Crippen LogP contribution in [0, 0.1) is 13.8 Å². The van der Waals surface area contributed by atoms with Crippen molar-refractivity contribution >= 4 is 0 Å². The molecule has 84 valence electrons. The number of hydrogen-bond donors (Lipinski definition) is 1. The highest BCUT2D eigenvalue weighted by Gasteiger charge is 2.11. The quantitative estimate of drug-likeness (QED) is 0.838. The maximum absolute atomic E-state index is 5.67. The lowest BCUT2D eigenvalue weighted by Gasteiger charge is -2.00. The van der Waals surface area contributed by atoms with Gasteiger partial charge in [-0.15, -0.1) is 10.2 Å². The van der Waals surface area contributed by atoms with Gasteiger partial charge in [-0.05, 0) is 32.9 Å². The average molecular weight is 217 g/mol. The molecule has 2 N–H and O–H groups in total. The molecule has 1 aromatic carbocycles. The Morgan fingerprint density at radius 2 is 1.75 bits per heavy atom. The van der Waals surface area contributed by atoms with Gasteiger partial charge in [-0.3, -0.25) is 0 Å². The van der Waals surface area contributed by atoms with Crippen LogP contribution in [-0.2, 0) is 0 Å². The van der Waals surface area contributed by atoms with E-state index in [-0.39, 0.29) is 6.04 Å². The maximum Gasteiger partial charge on any atom is 0.247 e. The second-order valence-electron chi connectivity index (χ2n) is 4.11. The van der Waals surface area contributed by atoms with Crippen molar-refractivity contribution in [3.63, 3.8) is 0 Å². The fourth-order valence-electron chi connectivity index (χ4n) is 1.63. The zero-order chi connectivity index (χ0) is 11.7. The maximum atomic E-state index is 5.67. The molecule has 0 amide bonds. The van der Waals surface area contributed by atoms with Gasteiger partial charge >= 0.3 is 0 Å². The predicted molar refractivity (Wildman–Crippen MR) is 61.8 cm³/mol. The molecular formula is C12H15N3O. The molecule has 0 aliphatic carbocycles. The number of nitrogens with zero attached hydrogens (tertiary/aromatic N) is 2. The van der Waals surface area contributed by atoms with Crippen LogP contribution in [0.1, 0.15) is 30.0 Å². The minimum atomic E-state index is -0.229. The third-order valence-corrected chi connectivity index (χ3v) is 2.30. The van der Waals surface area contributed by atoms with Gasteiger partial charge in [0.1, 0.15) is 0 Å². The van der Waals surface area contributed by atoms with Crippen LogP contribution in [0.2, 0.25) is 0 Å². The average Bonchev–Trinajstić information content (AvgIpc) is 2.64. The fourth-order valence-corrected chi connectivity index (χ4v) is 1.63. The first kappa shape index (κ1) is 10.8. The summed E-state index contributed by atoms with van der Waals surface area (Å²) in [5, 5.41) is 7.90. The molecule has 0 bridgehead atoms. The minimum absolute atomic E-state index is 0.229. The highest BCUT2D eigenvalue weighted by Crippen LogP contribution is 2.22. The van der Waals surface area contributed by atoms with E-state index in [0.29, 0.717) is 11.8 Å². The van der Waals surface area contributed by atoms with Gasteiger partial charge in [0.05, 0.1) is 6.04 Å². The lowest BCUT2D eigenvalue weighted by atomic mass is 10.1. The first-order valence-corrected chi connectivity index (χ1v) is 5.24. The fraction of sp³-hybridized carbons (Fsp3) is 0.333. The zero-order valence-corrected chi connectivity index (χ0v) is 9.69. The molecule has 4 nitrogen and oxygen atoms in total. The first-order chi connectivity index (χ1) is 7.56. The SMILES string of the molecule is Cc1cc(C)cc(-c2nnc(C(C)N)o2)c1. The normalized spacial score (nSPS) is 12.8. The van der Waals surface area contributed by atoms with E-state index in [1.54, 1.807) is 0 Å². The summed E-state index contributed by atoms with van der Waals surface area (Å²) in [7, 11) is 0. The second kappa shape index (κ2) is 4.06. The summed E-state index contributed by atoms with van der Waals surface area (Å²) in [5.41, 5.74) is 8.96. The molecule has 0 radical (unpaired) electrons. The van der Waals surface area contributed by atoms with E-state index < -0.39 is 0 Å². The summed E-state index contributed by atoms with van der Waals surface area (Å²) in [6.07, 6.45) is 0. The molecule has 2 aromatic rings. The van der Waals surface area contributed by atoms with Crippen LogP contribution >= 0.6 is 0 Å². The Bertz CT molecular complexity index is 482. The number of hydrogen-bond acceptors (Lipinski definition) is 4. The summed E-state index contributed by atoms with van der Waals surface area (Å²) in [6.45, 7) is 5.90. The van der Waals surface area contributed by atoms with Gasteiger partial charge in [0.2, 0.25) is 11.8 Å². The van der Waals surface area contributed by atoms with E-state index in [1.165, 1.54) is 11.1 Å². The number of benzene rings is 1. The summed E-state index contributed by atoms with van der Waals surface area (Å²) in [6, 6.07) is 5.91. The van der Waals surface area contributed by atoms with Crippen molar-refractivity contribution in [3.05, 3.63) is 35.2 Å². The molecule has 1 heterocycles. The molecule has 1 unspecified atom stereocenters. The summed E-state index contributed by atoms with van der Waals surface area (Å²) >= 11 is 0. The number of aryl methyl sites for hydroxylation is 2. The zero-order valence-electron chi connectivity index (χ0n) is 9.69. The molecule has 0 spiro atoms. The molecular weight excluding hydrogens is 202 g/mol. The van der Waals surface area contributed by atoms with Gasteiger partial charge in [-0.25, -0.2) is 0 Å². The lowest BCUT2D eigenvalue weighted by molar-refractivity contribution is 0.473. The van der Waals surface area contributed by atoms with Crippen LogP contribution in [0.3, 0.4) is 0 Å². The Labute approximate surface area is 94.5 Å². The lowest BCUT2D eigenvalue weighted by Crippen LogP contribution is -2.04. The van der Waals surface area contributed by atoms with E-state index >= 15 is 0 Å². The third-order valence-electron chi connectivity index (χ3n) is 2.30. The van der Waals surface area contributed by atoms with Gasteiger partial charge < -0.3 is 10.2 Å². The van der Waals surface area contributed by atoms with Crippen molar-refractivity contribution in [1.82, 2.24) is 10.2 Å². The molecule has 0 aliphatic rings. The third kappa shape index (κ3) is 2.12. The van der Waals surface area contributed by atoms with Crippen LogP contribution in [0.5, 0.6) is 0 Å². The van der Waals surface area contributed by atoms with E-state index in [2.05, 4.69) is 16.3 Å². The predicted octanol–water partition coefficient (Wildman–Crippen LogP) is 2.37. The smallest absolute Gasteiger partial charge is 0.247 e. The molecule has 0 aliphatic heterocycles. The van der Waals surface area contributed by atoms with Crippen LogP contribution < -0.4 is 5.73 Å². The standard InChI is InChI=1S/C12H15N3O/c1-7-4-8(2)6-10(5-7)12-15-14-11(16-12)9(3)13/h4-6,9H,13H2,1-3H3.